The number of carbonyl (C=O) groups excluding carboxylic acids is 2. The molecule has 34 heavy (non-hydrogen) atoms. The first kappa shape index (κ1) is 24.0. The Balaban J connectivity index is 1.93. The van der Waals surface area contributed by atoms with Gasteiger partial charge in [-0.2, -0.15) is 0 Å². The molecule has 11 heteroatoms. The second kappa shape index (κ2) is 10.8. The highest BCUT2D eigenvalue weighted by atomic mass is 16.5. The van der Waals surface area contributed by atoms with E-state index in [1.165, 1.54) is 33.7 Å². The number of anilines is 1. The van der Waals surface area contributed by atoms with E-state index < -0.39 is 17.9 Å². The van der Waals surface area contributed by atoms with Crippen LogP contribution in [0, 0.1) is 5.41 Å². The molecule has 0 fully saturated rings. The van der Waals surface area contributed by atoms with Gasteiger partial charge in [0.25, 0.3) is 5.91 Å². The van der Waals surface area contributed by atoms with Gasteiger partial charge in [-0.05, 0) is 54.1 Å². The zero-order chi connectivity index (χ0) is 24.7. The predicted octanol–water partition coefficient (Wildman–Crippen LogP) is 2.20. The lowest BCUT2D eigenvalue weighted by Gasteiger charge is -2.22. The third-order valence-corrected chi connectivity index (χ3v) is 4.83. The molecular weight excluding hydrogens is 442 g/mol. The number of hydrazine groups is 1. The quantitative estimate of drug-likeness (QED) is 0.182. The van der Waals surface area contributed by atoms with E-state index in [1.807, 2.05) is 0 Å². The normalized spacial score (nSPS) is 11.1. The van der Waals surface area contributed by atoms with Crippen LogP contribution in [-0.4, -0.2) is 39.0 Å². The smallest absolute Gasteiger partial charge is 0.305 e. The lowest BCUT2D eigenvalue weighted by Crippen LogP contribution is -2.45. The molecule has 1 unspecified atom stereocenters. The zero-order valence-electron chi connectivity index (χ0n) is 18.8. The lowest BCUT2D eigenvalue weighted by atomic mass is 10.0. The van der Waals surface area contributed by atoms with Crippen molar-refractivity contribution >= 4 is 23.3 Å². The van der Waals surface area contributed by atoms with Gasteiger partial charge >= 0.3 is 5.91 Å². The first-order chi connectivity index (χ1) is 16.4. The molecule has 3 aromatic rings. The van der Waals surface area contributed by atoms with Crippen molar-refractivity contribution in [1.29, 1.82) is 5.41 Å². The van der Waals surface area contributed by atoms with Gasteiger partial charge in [0, 0.05) is 11.3 Å². The molecule has 2 aromatic carbocycles. The Morgan fingerprint density at radius 3 is 2.12 bits per heavy atom. The number of methoxy groups -OCH3 is 3. The number of carbonyl (C=O) groups is 2. The number of rotatable bonds is 9. The van der Waals surface area contributed by atoms with Gasteiger partial charge in [0.2, 0.25) is 5.75 Å². The second-order valence-corrected chi connectivity index (χ2v) is 6.95. The SMILES string of the molecule is COc1cc(C(Nc2ccc(C(=N)N)cc2)C(=O)NNC(=O)c2ccco2)cc(OC)c1OC. The average Bonchev–Trinajstić information content (AvgIpc) is 3.40. The molecule has 2 amide bonds. The minimum Gasteiger partial charge on any atom is -0.493 e. The number of benzene rings is 2. The maximum Gasteiger partial charge on any atom is 0.305 e. The first-order valence-electron chi connectivity index (χ1n) is 10.0. The molecule has 0 saturated heterocycles. The maximum atomic E-state index is 13.2. The fourth-order valence-electron chi connectivity index (χ4n) is 3.14. The van der Waals surface area contributed by atoms with Crippen LogP contribution in [0.4, 0.5) is 5.69 Å². The molecule has 0 aliphatic carbocycles. The highest BCUT2D eigenvalue weighted by Gasteiger charge is 2.25. The molecule has 6 N–H and O–H groups in total. The van der Waals surface area contributed by atoms with Crippen LogP contribution in [0.15, 0.2) is 59.2 Å². The Labute approximate surface area is 195 Å². The van der Waals surface area contributed by atoms with E-state index in [0.717, 1.165) is 0 Å². The molecule has 178 valence electrons. The number of amides is 2. The summed E-state index contributed by atoms with van der Waals surface area (Å²) in [4.78, 5) is 25.3. The van der Waals surface area contributed by atoms with Crippen molar-refractivity contribution in [3.63, 3.8) is 0 Å². The summed E-state index contributed by atoms with van der Waals surface area (Å²) in [6, 6.07) is 11.9. The number of nitrogens with two attached hydrogens (primary N) is 1. The monoisotopic (exact) mass is 467 g/mol. The van der Waals surface area contributed by atoms with Crippen LogP contribution < -0.4 is 36.1 Å². The molecule has 0 saturated carbocycles. The third kappa shape index (κ3) is 5.38. The summed E-state index contributed by atoms with van der Waals surface area (Å²) in [6.45, 7) is 0. The molecule has 0 spiro atoms. The van der Waals surface area contributed by atoms with Crippen molar-refractivity contribution in [2.75, 3.05) is 26.6 Å². The van der Waals surface area contributed by atoms with E-state index >= 15 is 0 Å². The number of hydrogen-bond donors (Lipinski definition) is 5. The van der Waals surface area contributed by atoms with Gasteiger partial charge in [0.15, 0.2) is 17.3 Å². The summed E-state index contributed by atoms with van der Waals surface area (Å²) >= 11 is 0. The molecule has 1 heterocycles. The van der Waals surface area contributed by atoms with E-state index in [0.29, 0.717) is 34.1 Å². The van der Waals surface area contributed by atoms with Crippen LogP contribution in [-0.2, 0) is 4.79 Å². The molecule has 11 nitrogen and oxygen atoms in total. The van der Waals surface area contributed by atoms with Crippen molar-refractivity contribution in [2.24, 2.45) is 5.73 Å². The van der Waals surface area contributed by atoms with E-state index in [9.17, 15) is 9.59 Å². The molecule has 0 radical (unpaired) electrons. The van der Waals surface area contributed by atoms with Gasteiger partial charge in [-0.25, -0.2) is 0 Å². The number of furan rings is 1. The second-order valence-electron chi connectivity index (χ2n) is 6.95. The average molecular weight is 467 g/mol. The minimum absolute atomic E-state index is 0.0393. The number of ether oxygens (including phenoxy) is 3. The Kier molecular flexibility index (Phi) is 7.60. The predicted molar refractivity (Wildman–Crippen MR) is 124 cm³/mol. The molecule has 3 rings (SSSR count). The van der Waals surface area contributed by atoms with E-state index in [2.05, 4.69) is 16.2 Å². The van der Waals surface area contributed by atoms with Gasteiger partial charge in [-0.15, -0.1) is 0 Å². The van der Waals surface area contributed by atoms with E-state index in [-0.39, 0.29) is 11.6 Å². The van der Waals surface area contributed by atoms with Crippen molar-refractivity contribution in [1.82, 2.24) is 10.9 Å². The molecule has 0 bridgehead atoms. The topological polar surface area (TPSA) is 161 Å². The summed E-state index contributed by atoms with van der Waals surface area (Å²) < 4.78 is 21.2. The van der Waals surface area contributed by atoms with Gasteiger partial charge in [-0.3, -0.25) is 25.8 Å². The lowest BCUT2D eigenvalue weighted by molar-refractivity contribution is -0.122. The molecule has 0 aliphatic heterocycles. The Morgan fingerprint density at radius 2 is 1.62 bits per heavy atom. The van der Waals surface area contributed by atoms with Crippen LogP contribution in [0.1, 0.15) is 27.7 Å². The number of nitrogens with one attached hydrogen (secondary N) is 4. The summed E-state index contributed by atoms with van der Waals surface area (Å²) in [5.41, 5.74) is 11.8. The Morgan fingerprint density at radius 1 is 0.971 bits per heavy atom. The molecular formula is C23H25N5O6. The van der Waals surface area contributed by atoms with E-state index in [4.69, 9.17) is 29.8 Å². The van der Waals surface area contributed by atoms with Gasteiger partial charge in [0.1, 0.15) is 11.9 Å². The van der Waals surface area contributed by atoms with Crippen molar-refractivity contribution in [3.8, 4) is 17.2 Å². The van der Waals surface area contributed by atoms with Crippen LogP contribution in [0.3, 0.4) is 0 Å². The Hall–Kier alpha value is -4.67. The number of amidine groups is 1. The van der Waals surface area contributed by atoms with Crippen molar-refractivity contribution < 1.29 is 28.2 Å². The van der Waals surface area contributed by atoms with Crippen LogP contribution in [0.2, 0.25) is 0 Å². The third-order valence-electron chi connectivity index (χ3n) is 4.83. The number of hydrogen-bond acceptors (Lipinski definition) is 8. The Bertz CT molecular complexity index is 1140. The highest BCUT2D eigenvalue weighted by molar-refractivity contribution is 5.96. The van der Waals surface area contributed by atoms with Crippen LogP contribution in [0.25, 0.3) is 0 Å². The molecule has 1 atom stereocenters. The fourth-order valence-corrected chi connectivity index (χ4v) is 3.14. The summed E-state index contributed by atoms with van der Waals surface area (Å²) in [5.74, 6) is -0.169. The fraction of sp³-hybridized carbons (Fsp3) is 0.174. The van der Waals surface area contributed by atoms with Crippen molar-refractivity contribution in [3.05, 3.63) is 71.7 Å². The van der Waals surface area contributed by atoms with Crippen LogP contribution in [0.5, 0.6) is 17.2 Å². The van der Waals surface area contributed by atoms with E-state index in [1.54, 1.807) is 42.5 Å². The summed E-state index contributed by atoms with van der Waals surface area (Å²) in [6.07, 6.45) is 1.35. The standard InChI is InChI=1S/C23H25N5O6/c1-31-17-11-14(12-18(32-2)20(17)33-3)19(26-15-8-6-13(7-9-15)21(24)25)23(30)28-27-22(29)16-5-4-10-34-16/h4-12,19,26H,1-3H3,(H3,24,25)(H,27,29)(H,28,30). The maximum absolute atomic E-state index is 13.2. The van der Waals surface area contributed by atoms with Crippen LogP contribution >= 0.6 is 0 Å². The number of nitrogen functional groups attached to an aromatic ring is 1. The molecule has 1 aromatic heterocycles. The van der Waals surface area contributed by atoms with Gasteiger partial charge < -0.3 is 29.7 Å². The summed E-state index contributed by atoms with van der Waals surface area (Å²) in [5, 5.41) is 10.6. The van der Waals surface area contributed by atoms with Gasteiger partial charge in [-0.1, -0.05) is 0 Å². The molecule has 0 aliphatic rings. The largest absolute Gasteiger partial charge is 0.493 e. The summed E-state index contributed by atoms with van der Waals surface area (Å²) in [7, 11) is 4.41. The first-order valence-corrected chi connectivity index (χ1v) is 10.0. The van der Waals surface area contributed by atoms with Crippen molar-refractivity contribution in [2.45, 2.75) is 6.04 Å². The van der Waals surface area contributed by atoms with Gasteiger partial charge in [0.05, 0.1) is 27.6 Å². The minimum atomic E-state index is -0.992. The highest BCUT2D eigenvalue weighted by Crippen LogP contribution is 2.40. The zero-order valence-corrected chi connectivity index (χ0v) is 18.8.